The van der Waals surface area contributed by atoms with Crippen molar-refractivity contribution in [3.63, 3.8) is 0 Å². The third-order valence-electron chi connectivity index (χ3n) is 8.66. The second kappa shape index (κ2) is 17.7. The van der Waals surface area contributed by atoms with Crippen LogP contribution in [0.4, 0.5) is 10.5 Å². The van der Waals surface area contributed by atoms with Gasteiger partial charge in [-0.2, -0.15) is 0 Å². The van der Waals surface area contributed by atoms with Crippen molar-refractivity contribution in [1.82, 2.24) is 4.90 Å². The number of carbonyl (C=O) groups excluding carboxylic acids is 1. The van der Waals surface area contributed by atoms with Crippen LogP contribution in [0.2, 0.25) is 0 Å². The molecule has 0 spiro atoms. The number of carbonyl (C=O) groups is 2. The van der Waals surface area contributed by atoms with Crippen molar-refractivity contribution in [2.45, 2.75) is 50.4 Å². The molecule has 0 bridgehead atoms. The molecule has 2 amide bonds. The molecule has 11 heteroatoms. The molecule has 3 aromatic carbocycles. The lowest BCUT2D eigenvalue weighted by molar-refractivity contribution is -0.119. The van der Waals surface area contributed by atoms with E-state index in [0.29, 0.717) is 64.5 Å². The number of anilines is 1. The molecule has 3 atom stereocenters. The minimum absolute atomic E-state index is 0.00285. The molecule has 5 rings (SSSR count). The highest BCUT2D eigenvalue weighted by Crippen LogP contribution is 2.35. The number of nitrogens with zero attached hydrogens (tertiary/aromatic N) is 2. The first-order valence-corrected chi connectivity index (χ1v) is 16.5. The van der Waals surface area contributed by atoms with Crippen molar-refractivity contribution in [1.29, 1.82) is 0 Å². The van der Waals surface area contributed by atoms with Gasteiger partial charge in [-0.15, -0.1) is 0 Å². The Balaban J connectivity index is 1.15. The lowest BCUT2D eigenvalue weighted by Crippen LogP contribution is -2.49. The maximum absolute atomic E-state index is 13.1. The van der Waals surface area contributed by atoms with Crippen molar-refractivity contribution < 1.29 is 43.1 Å². The molecule has 11 nitrogen and oxygen atoms in total. The highest BCUT2D eigenvalue weighted by molar-refractivity contribution is 5.95. The second-order valence-electron chi connectivity index (χ2n) is 11.9. The number of piperidine rings is 1. The van der Waals surface area contributed by atoms with Crippen molar-refractivity contribution in [2.24, 2.45) is 0 Å². The second-order valence-corrected chi connectivity index (χ2v) is 11.9. The van der Waals surface area contributed by atoms with Crippen LogP contribution in [-0.4, -0.2) is 94.5 Å². The van der Waals surface area contributed by atoms with E-state index < -0.39 is 12.2 Å². The van der Waals surface area contributed by atoms with Crippen molar-refractivity contribution in [2.75, 3.05) is 65.2 Å². The molecule has 1 saturated heterocycles. The first-order chi connectivity index (χ1) is 23.5. The van der Waals surface area contributed by atoms with Gasteiger partial charge < -0.3 is 43.3 Å². The number of methoxy groups -OCH3 is 2. The van der Waals surface area contributed by atoms with Gasteiger partial charge in [0.1, 0.15) is 23.4 Å². The first kappa shape index (κ1) is 35.0. The normalized spacial score (nSPS) is 18.9. The molecular formula is C37H46N2O9. The number of ether oxygens (including phenoxy) is 6. The van der Waals surface area contributed by atoms with Crippen LogP contribution >= 0.6 is 0 Å². The average molecular weight is 663 g/mol. The Morgan fingerprint density at radius 3 is 2.50 bits per heavy atom. The first-order valence-electron chi connectivity index (χ1n) is 16.5. The maximum Gasteiger partial charge on any atom is 0.407 e. The van der Waals surface area contributed by atoms with Gasteiger partial charge >= 0.3 is 6.09 Å². The Hall–Kier alpha value is -4.32. The summed E-state index contributed by atoms with van der Waals surface area (Å²) in [6, 6.07) is 23.2. The Morgan fingerprint density at radius 2 is 1.71 bits per heavy atom. The van der Waals surface area contributed by atoms with Gasteiger partial charge in [-0.05, 0) is 48.7 Å². The van der Waals surface area contributed by atoms with E-state index >= 15 is 0 Å². The summed E-state index contributed by atoms with van der Waals surface area (Å²) in [6.45, 7) is 3.30. The van der Waals surface area contributed by atoms with Gasteiger partial charge in [0.25, 0.3) is 0 Å². The fraction of sp³-hybridized carbons (Fsp3) is 0.459. The summed E-state index contributed by atoms with van der Waals surface area (Å²) in [6.07, 6.45) is 0.617. The van der Waals surface area contributed by atoms with E-state index in [9.17, 15) is 14.7 Å². The number of para-hydroxylation sites is 3. The molecule has 0 saturated carbocycles. The lowest BCUT2D eigenvalue weighted by atomic mass is 9.87. The molecule has 0 aromatic heterocycles. The van der Waals surface area contributed by atoms with Crippen molar-refractivity contribution in [3.8, 4) is 17.2 Å². The fourth-order valence-corrected chi connectivity index (χ4v) is 6.16. The Kier molecular flexibility index (Phi) is 12.9. The Labute approximate surface area is 282 Å². The standard InChI is InChI=1S/C37H46N2O9/c1-43-20-7-13-36(40)39-23-30(48-34-12-6-4-10-32(34)39)26-47-35-24-38(37(41)42)19-18-31(35)27-14-16-29(17-15-27)46-22-8-21-45-25-28-9-3-5-11-33(28)44-2/h3-6,9-12,14-17,30-31,35H,7-8,13,18-26H2,1-2H3,(H,41,42)/t30-,31?,35-/m1/s1. The highest BCUT2D eigenvalue weighted by atomic mass is 16.5. The highest BCUT2D eigenvalue weighted by Gasteiger charge is 2.35. The van der Waals surface area contributed by atoms with E-state index in [1.165, 1.54) is 4.90 Å². The molecule has 0 aliphatic carbocycles. The van der Waals surface area contributed by atoms with Crippen molar-refractivity contribution >= 4 is 17.7 Å². The predicted octanol–water partition coefficient (Wildman–Crippen LogP) is 5.75. The van der Waals surface area contributed by atoms with Gasteiger partial charge in [0.2, 0.25) is 5.91 Å². The van der Waals surface area contributed by atoms with Crippen LogP contribution < -0.4 is 19.1 Å². The number of benzene rings is 3. The largest absolute Gasteiger partial charge is 0.496 e. The van der Waals surface area contributed by atoms with Gasteiger partial charge in [-0.3, -0.25) is 4.79 Å². The third-order valence-corrected chi connectivity index (χ3v) is 8.66. The molecule has 3 aromatic rings. The number of fused-ring (bicyclic) bond motifs is 1. The lowest BCUT2D eigenvalue weighted by Gasteiger charge is -2.39. The Bertz CT molecular complexity index is 1470. The van der Waals surface area contributed by atoms with Gasteiger partial charge in [0.15, 0.2) is 0 Å². The van der Waals surface area contributed by atoms with E-state index in [1.807, 2.05) is 72.8 Å². The fourth-order valence-electron chi connectivity index (χ4n) is 6.16. The summed E-state index contributed by atoms with van der Waals surface area (Å²) in [5.41, 5.74) is 2.81. The van der Waals surface area contributed by atoms with E-state index in [1.54, 1.807) is 19.1 Å². The zero-order chi connectivity index (χ0) is 33.7. The zero-order valence-corrected chi connectivity index (χ0v) is 27.8. The van der Waals surface area contributed by atoms with Gasteiger partial charge in [-0.25, -0.2) is 4.79 Å². The number of carboxylic acid groups (broad SMARTS) is 1. The molecule has 258 valence electrons. The smallest absolute Gasteiger partial charge is 0.407 e. The number of amides is 2. The minimum atomic E-state index is -0.964. The number of rotatable bonds is 16. The van der Waals surface area contributed by atoms with E-state index in [0.717, 1.165) is 34.7 Å². The summed E-state index contributed by atoms with van der Waals surface area (Å²) in [5, 5.41) is 9.74. The topological polar surface area (TPSA) is 116 Å². The van der Waals surface area contributed by atoms with Crippen LogP contribution in [0.15, 0.2) is 72.8 Å². The molecule has 1 unspecified atom stereocenters. The van der Waals surface area contributed by atoms with Crippen LogP contribution in [0.3, 0.4) is 0 Å². The summed E-state index contributed by atoms with van der Waals surface area (Å²) >= 11 is 0. The maximum atomic E-state index is 13.1. The monoisotopic (exact) mass is 662 g/mol. The summed E-state index contributed by atoms with van der Waals surface area (Å²) in [4.78, 5) is 28.2. The Morgan fingerprint density at radius 1 is 0.917 bits per heavy atom. The number of likely N-dealkylation sites (tertiary alicyclic amines) is 1. The minimum Gasteiger partial charge on any atom is -0.496 e. The quantitative estimate of drug-likeness (QED) is 0.191. The molecule has 2 aliphatic heterocycles. The van der Waals surface area contributed by atoms with Crippen LogP contribution in [0, 0.1) is 0 Å². The van der Waals surface area contributed by atoms with E-state index in [2.05, 4.69) is 0 Å². The summed E-state index contributed by atoms with van der Waals surface area (Å²) in [5.74, 6) is 2.19. The van der Waals surface area contributed by atoms with Gasteiger partial charge in [0, 0.05) is 44.6 Å². The zero-order valence-electron chi connectivity index (χ0n) is 27.8. The average Bonchev–Trinajstić information content (AvgIpc) is 3.12. The summed E-state index contributed by atoms with van der Waals surface area (Å²) in [7, 11) is 3.28. The molecule has 0 radical (unpaired) electrons. The van der Waals surface area contributed by atoms with E-state index in [4.69, 9.17) is 28.4 Å². The molecule has 2 heterocycles. The van der Waals surface area contributed by atoms with Gasteiger partial charge in [0.05, 0.1) is 58.4 Å². The van der Waals surface area contributed by atoms with Crippen LogP contribution in [0.25, 0.3) is 0 Å². The molecular weight excluding hydrogens is 616 g/mol. The summed E-state index contributed by atoms with van der Waals surface area (Å²) < 4.78 is 35.0. The predicted molar refractivity (Wildman–Crippen MR) is 180 cm³/mol. The van der Waals surface area contributed by atoms with Gasteiger partial charge in [-0.1, -0.05) is 42.5 Å². The molecule has 1 N–H and O–H groups in total. The molecule has 2 aliphatic rings. The van der Waals surface area contributed by atoms with E-state index in [-0.39, 0.29) is 31.1 Å². The molecule has 48 heavy (non-hydrogen) atoms. The number of hydrogen-bond donors (Lipinski definition) is 1. The van der Waals surface area contributed by atoms with Crippen LogP contribution in [0.1, 0.15) is 42.7 Å². The SMILES string of the molecule is COCCCC(=O)N1C[C@H](CO[C@@H]2CN(C(=O)O)CCC2c2ccc(OCCCOCc3ccccc3OC)cc2)Oc2ccccc21. The van der Waals surface area contributed by atoms with Crippen molar-refractivity contribution in [3.05, 3.63) is 83.9 Å². The number of hydrogen-bond acceptors (Lipinski definition) is 8. The third kappa shape index (κ3) is 9.40. The van der Waals surface area contributed by atoms with Crippen LogP contribution in [-0.2, 0) is 25.6 Å². The van der Waals surface area contributed by atoms with Crippen LogP contribution in [0.5, 0.6) is 17.2 Å². The molecule has 1 fully saturated rings.